The Bertz CT molecular complexity index is 881. The molecule has 2 aromatic rings. The first kappa shape index (κ1) is 16.3. The summed E-state index contributed by atoms with van der Waals surface area (Å²) in [6.07, 6.45) is 6.36. The summed E-state index contributed by atoms with van der Waals surface area (Å²) in [4.78, 5) is 26.4. The predicted octanol–water partition coefficient (Wildman–Crippen LogP) is 1.48. The zero-order chi connectivity index (χ0) is 17.4. The van der Waals surface area contributed by atoms with Gasteiger partial charge in [-0.1, -0.05) is 0 Å². The van der Waals surface area contributed by atoms with E-state index in [2.05, 4.69) is 10.00 Å². The van der Waals surface area contributed by atoms with Crippen LogP contribution in [0.15, 0.2) is 40.1 Å². The molecule has 4 rings (SSSR count). The molecule has 0 bridgehead atoms. The van der Waals surface area contributed by atoms with Gasteiger partial charge in [0.25, 0.3) is 11.1 Å². The summed E-state index contributed by atoms with van der Waals surface area (Å²) in [6.45, 7) is 2.37. The second-order valence-electron chi connectivity index (χ2n) is 7.30. The van der Waals surface area contributed by atoms with E-state index in [4.69, 9.17) is 0 Å². The van der Waals surface area contributed by atoms with E-state index >= 15 is 0 Å². The molecule has 0 N–H and O–H groups in total. The quantitative estimate of drug-likeness (QED) is 0.827. The van der Waals surface area contributed by atoms with Gasteiger partial charge in [0.1, 0.15) is 0 Å². The predicted molar refractivity (Wildman–Crippen MR) is 95.6 cm³/mol. The van der Waals surface area contributed by atoms with Crippen LogP contribution in [-0.4, -0.2) is 31.8 Å². The summed E-state index contributed by atoms with van der Waals surface area (Å²) in [7, 11) is 1.76. The van der Waals surface area contributed by atoms with Gasteiger partial charge in [-0.15, -0.1) is 0 Å². The van der Waals surface area contributed by atoms with Gasteiger partial charge in [0.2, 0.25) is 0 Å². The number of hydrogen-bond acceptors (Lipinski definition) is 4. The minimum atomic E-state index is -0.0233. The standard InChI is InChI=1S/C19H24N4O2/c1-21-10-8-14(11-19(21)25)12-22-9-2-3-16(22)13-23-18(24)7-6-17(20-23)15-4-5-15/h6-8,10-11,15-16H,2-5,9,12-13H2,1H3. The number of nitrogens with zero attached hydrogens (tertiary/aromatic N) is 4. The fourth-order valence-corrected chi connectivity index (χ4v) is 3.62. The number of aromatic nitrogens is 3. The van der Waals surface area contributed by atoms with Gasteiger partial charge in [-0.05, 0) is 49.9 Å². The molecular weight excluding hydrogens is 316 g/mol. The van der Waals surface area contributed by atoms with Crippen LogP contribution < -0.4 is 11.1 Å². The maximum Gasteiger partial charge on any atom is 0.266 e. The summed E-state index contributed by atoms with van der Waals surface area (Å²) in [5.74, 6) is 0.548. The molecule has 2 aliphatic rings. The largest absolute Gasteiger partial charge is 0.319 e. The highest BCUT2D eigenvalue weighted by atomic mass is 16.1. The zero-order valence-electron chi connectivity index (χ0n) is 14.6. The molecule has 132 valence electrons. The molecular formula is C19H24N4O2. The van der Waals surface area contributed by atoms with E-state index in [1.807, 2.05) is 18.3 Å². The summed E-state index contributed by atoms with van der Waals surface area (Å²) in [5.41, 5.74) is 2.07. The molecule has 2 aromatic heterocycles. The molecule has 6 heteroatoms. The van der Waals surface area contributed by atoms with Crippen LogP contribution in [0.5, 0.6) is 0 Å². The van der Waals surface area contributed by atoms with E-state index in [-0.39, 0.29) is 11.1 Å². The maximum absolute atomic E-state index is 12.2. The lowest BCUT2D eigenvalue weighted by atomic mass is 10.2. The molecule has 1 saturated heterocycles. The van der Waals surface area contributed by atoms with Gasteiger partial charge >= 0.3 is 0 Å². The van der Waals surface area contributed by atoms with Crippen LogP contribution in [-0.2, 0) is 20.1 Å². The summed E-state index contributed by atoms with van der Waals surface area (Å²) in [5, 5.41) is 4.59. The van der Waals surface area contributed by atoms with Crippen LogP contribution in [0.2, 0.25) is 0 Å². The molecule has 2 fully saturated rings. The second kappa shape index (κ2) is 6.59. The van der Waals surface area contributed by atoms with Crippen molar-refractivity contribution >= 4 is 0 Å². The van der Waals surface area contributed by atoms with E-state index in [0.717, 1.165) is 37.2 Å². The van der Waals surface area contributed by atoms with Crippen molar-refractivity contribution in [3.8, 4) is 0 Å². The van der Waals surface area contributed by atoms with Gasteiger partial charge in [0, 0.05) is 43.9 Å². The van der Waals surface area contributed by atoms with Crippen LogP contribution >= 0.6 is 0 Å². The molecule has 6 nitrogen and oxygen atoms in total. The first-order valence-corrected chi connectivity index (χ1v) is 9.08. The fraction of sp³-hybridized carbons (Fsp3) is 0.526. The zero-order valence-corrected chi connectivity index (χ0v) is 14.6. The fourth-order valence-electron chi connectivity index (χ4n) is 3.62. The van der Waals surface area contributed by atoms with Crippen LogP contribution in [0, 0.1) is 0 Å². The molecule has 1 unspecified atom stereocenters. The van der Waals surface area contributed by atoms with Crippen molar-refractivity contribution in [2.75, 3.05) is 6.54 Å². The maximum atomic E-state index is 12.2. The Balaban J connectivity index is 1.50. The average molecular weight is 340 g/mol. The highest BCUT2D eigenvalue weighted by Crippen LogP contribution is 2.38. The SMILES string of the molecule is Cn1ccc(CN2CCCC2Cn2nc(C3CC3)ccc2=O)cc1=O. The van der Waals surface area contributed by atoms with Gasteiger partial charge in [-0.25, -0.2) is 4.68 Å². The number of hydrogen-bond donors (Lipinski definition) is 0. The molecule has 1 aliphatic heterocycles. The number of pyridine rings is 1. The summed E-state index contributed by atoms with van der Waals surface area (Å²) < 4.78 is 3.22. The summed E-state index contributed by atoms with van der Waals surface area (Å²) >= 11 is 0. The van der Waals surface area contributed by atoms with Gasteiger partial charge < -0.3 is 4.57 Å². The second-order valence-corrected chi connectivity index (χ2v) is 7.30. The lowest BCUT2D eigenvalue weighted by Crippen LogP contribution is -2.37. The van der Waals surface area contributed by atoms with Crippen LogP contribution in [0.4, 0.5) is 0 Å². The van der Waals surface area contributed by atoms with Gasteiger partial charge in [0.05, 0.1) is 12.2 Å². The average Bonchev–Trinajstić information content (AvgIpc) is 3.35. The van der Waals surface area contributed by atoms with E-state index in [1.54, 1.807) is 28.4 Å². The Morgan fingerprint density at radius 3 is 2.72 bits per heavy atom. The smallest absolute Gasteiger partial charge is 0.266 e. The molecule has 1 saturated carbocycles. The van der Waals surface area contributed by atoms with E-state index in [1.165, 1.54) is 12.8 Å². The van der Waals surface area contributed by atoms with Gasteiger partial charge in [-0.3, -0.25) is 14.5 Å². The van der Waals surface area contributed by atoms with Crippen LogP contribution in [0.1, 0.15) is 42.9 Å². The van der Waals surface area contributed by atoms with Crippen molar-refractivity contribution in [3.05, 3.63) is 62.4 Å². The lowest BCUT2D eigenvalue weighted by molar-refractivity contribution is 0.216. The lowest BCUT2D eigenvalue weighted by Gasteiger charge is -2.24. The molecule has 0 aromatic carbocycles. The first-order chi connectivity index (χ1) is 12.1. The third-order valence-corrected chi connectivity index (χ3v) is 5.32. The van der Waals surface area contributed by atoms with Crippen LogP contribution in [0.25, 0.3) is 0 Å². The third-order valence-electron chi connectivity index (χ3n) is 5.32. The van der Waals surface area contributed by atoms with Gasteiger partial charge in [-0.2, -0.15) is 5.10 Å². The van der Waals surface area contributed by atoms with Crippen molar-refractivity contribution in [2.45, 2.75) is 50.7 Å². The molecule has 1 aliphatic carbocycles. The molecule has 25 heavy (non-hydrogen) atoms. The number of aryl methyl sites for hydroxylation is 1. The normalized spacial score (nSPS) is 20.9. The summed E-state index contributed by atoms with van der Waals surface area (Å²) in [6, 6.07) is 7.52. The van der Waals surface area contributed by atoms with Gasteiger partial charge in [0.15, 0.2) is 0 Å². The van der Waals surface area contributed by atoms with Crippen molar-refractivity contribution < 1.29 is 0 Å². The minimum absolute atomic E-state index is 0.0169. The third kappa shape index (κ3) is 3.58. The molecule has 0 amide bonds. The van der Waals surface area contributed by atoms with Crippen molar-refractivity contribution in [3.63, 3.8) is 0 Å². The topological polar surface area (TPSA) is 60.1 Å². The Kier molecular flexibility index (Phi) is 4.29. The van der Waals surface area contributed by atoms with Crippen molar-refractivity contribution in [1.29, 1.82) is 0 Å². The number of rotatable bonds is 5. The molecule has 0 radical (unpaired) electrons. The molecule has 1 atom stereocenters. The van der Waals surface area contributed by atoms with Crippen LogP contribution in [0.3, 0.4) is 0 Å². The first-order valence-electron chi connectivity index (χ1n) is 9.08. The number of likely N-dealkylation sites (tertiary alicyclic amines) is 1. The monoisotopic (exact) mass is 340 g/mol. The van der Waals surface area contributed by atoms with E-state index < -0.39 is 0 Å². The Morgan fingerprint density at radius 1 is 1.12 bits per heavy atom. The highest BCUT2D eigenvalue weighted by Gasteiger charge is 2.28. The van der Waals surface area contributed by atoms with E-state index in [9.17, 15) is 9.59 Å². The Morgan fingerprint density at radius 2 is 1.96 bits per heavy atom. The Hall–Kier alpha value is -2.21. The van der Waals surface area contributed by atoms with Crippen molar-refractivity contribution in [2.24, 2.45) is 7.05 Å². The highest BCUT2D eigenvalue weighted by molar-refractivity contribution is 5.13. The molecule has 3 heterocycles. The van der Waals surface area contributed by atoms with E-state index in [0.29, 0.717) is 18.5 Å². The van der Waals surface area contributed by atoms with Crippen molar-refractivity contribution in [1.82, 2.24) is 19.2 Å². The Labute approximate surface area is 146 Å². The minimum Gasteiger partial charge on any atom is -0.319 e. The molecule has 0 spiro atoms.